The first-order chi connectivity index (χ1) is 16.1. The number of halogens is 1. The average Bonchev–Trinajstić information content (AvgIpc) is 3.33. The molecule has 0 amide bonds. The summed E-state index contributed by atoms with van der Waals surface area (Å²) in [5.41, 5.74) is 4.13. The van der Waals surface area contributed by atoms with Crippen LogP contribution in [0.3, 0.4) is 0 Å². The maximum atomic E-state index is 5.99. The van der Waals surface area contributed by atoms with Crippen molar-refractivity contribution in [1.82, 2.24) is 29.5 Å². The number of piperazine rings is 1. The summed E-state index contributed by atoms with van der Waals surface area (Å²) < 4.78 is 1.75. The van der Waals surface area contributed by atoms with E-state index >= 15 is 0 Å². The fourth-order valence-electron chi connectivity index (χ4n) is 3.85. The summed E-state index contributed by atoms with van der Waals surface area (Å²) in [5, 5.41) is 8.65. The van der Waals surface area contributed by atoms with Crippen molar-refractivity contribution in [1.29, 1.82) is 0 Å². The molecule has 1 fully saturated rings. The van der Waals surface area contributed by atoms with Gasteiger partial charge in [0.2, 0.25) is 5.95 Å². The Hall–Kier alpha value is -3.26. The van der Waals surface area contributed by atoms with Crippen LogP contribution in [-0.2, 0) is 6.54 Å². The fraction of sp³-hybridized carbons (Fsp3) is 0.240. The lowest BCUT2D eigenvalue weighted by Crippen LogP contribution is -2.43. The number of anilines is 2. The third-order valence-electron chi connectivity index (χ3n) is 5.82. The van der Waals surface area contributed by atoms with E-state index in [0.29, 0.717) is 16.8 Å². The van der Waals surface area contributed by atoms with Crippen molar-refractivity contribution in [2.45, 2.75) is 6.54 Å². The Labute approximate surface area is 198 Å². The monoisotopic (exact) mass is 459 g/mol. The van der Waals surface area contributed by atoms with Crippen molar-refractivity contribution < 1.29 is 0 Å². The molecule has 2 aromatic heterocycles. The molecule has 0 aliphatic carbocycles. The molecule has 3 heterocycles. The summed E-state index contributed by atoms with van der Waals surface area (Å²) in [6.07, 6.45) is 3.62. The number of rotatable bonds is 6. The predicted octanol–water partition coefficient (Wildman–Crippen LogP) is 4.47. The van der Waals surface area contributed by atoms with Gasteiger partial charge in [0.05, 0.1) is 5.69 Å². The van der Waals surface area contributed by atoms with Gasteiger partial charge in [0.1, 0.15) is 0 Å². The van der Waals surface area contributed by atoms with E-state index < -0.39 is 0 Å². The third kappa shape index (κ3) is 5.39. The summed E-state index contributed by atoms with van der Waals surface area (Å²) in [5.74, 6) is 1.22. The van der Waals surface area contributed by atoms with E-state index in [1.165, 1.54) is 5.56 Å². The van der Waals surface area contributed by atoms with Crippen LogP contribution in [0.2, 0.25) is 5.02 Å². The standard InChI is InChI=1S/C25H26ClN7/c1-31-14-16-32(17-15-31)18-19-2-8-22(9-3-19)28-25-27-12-10-24(29-25)33-13-11-23(30-33)20-4-6-21(26)7-5-20/h2-13H,14-18H2,1H3,(H,27,28,29). The van der Waals surface area contributed by atoms with Gasteiger partial charge in [-0.15, -0.1) is 0 Å². The van der Waals surface area contributed by atoms with Crippen LogP contribution >= 0.6 is 11.6 Å². The summed E-state index contributed by atoms with van der Waals surface area (Å²) >= 11 is 5.99. The SMILES string of the molecule is CN1CCN(Cc2ccc(Nc3nccc(-n4ccc(-c5ccc(Cl)cc5)n4)n3)cc2)CC1. The van der Waals surface area contributed by atoms with Crippen LogP contribution in [0.25, 0.3) is 17.1 Å². The smallest absolute Gasteiger partial charge is 0.229 e. The maximum Gasteiger partial charge on any atom is 0.229 e. The lowest BCUT2D eigenvalue weighted by atomic mass is 10.2. The Balaban J connectivity index is 1.25. The molecular formula is C25H26ClN7. The molecule has 0 radical (unpaired) electrons. The normalized spacial score (nSPS) is 15.0. The van der Waals surface area contributed by atoms with E-state index in [1.807, 2.05) is 42.6 Å². The quantitative estimate of drug-likeness (QED) is 0.459. The van der Waals surface area contributed by atoms with Crippen molar-refractivity contribution in [3.05, 3.63) is 83.6 Å². The zero-order valence-corrected chi connectivity index (χ0v) is 19.3. The second-order valence-electron chi connectivity index (χ2n) is 8.29. The Bertz CT molecular complexity index is 1200. The van der Waals surface area contributed by atoms with Gasteiger partial charge in [-0.05, 0) is 42.9 Å². The largest absolute Gasteiger partial charge is 0.324 e. The molecule has 0 bridgehead atoms. The van der Waals surface area contributed by atoms with Crippen LogP contribution in [0.15, 0.2) is 73.1 Å². The Morgan fingerprint density at radius 1 is 0.909 bits per heavy atom. The Morgan fingerprint density at radius 2 is 1.67 bits per heavy atom. The molecule has 1 N–H and O–H groups in total. The number of nitrogens with zero attached hydrogens (tertiary/aromatic N) is 6. The third-order valence-corrected chi connectivity index (χ3v) is 6.07. The van der Waals surface area contributed by atoms with Crippen LogP contribution in [0, 0.1) is 0 Å². The van der Waals surface area contributed by atoms with Crippen LogP contribution in [0.1, 0.15) is 5.56 Å². The molecule has 1 aliphatic rings. The van der Waals surface area contributed by atoms with Crippen molar-refractivity contribution in [3.8, 4) is 17.1 Å². The molecule has 5 rings (SSSR count). The highest BCUT2D eigenvalue weighted by Gasteiger charge is 2.13. The summed E-state index contributed by atoms with van der Waals surface area (Å²) in [6, 6.07) is 19.9. The number of benzene rings is 2. The molecule has 0 atom stereocenters. The van der Waals surface area contributed by atoms with Crippen molar-refractivity contribution >= 4 is 23.2 Å². The molecule has 0 spiro atoms. The van der Waals surface area contributed by atoms with E-state index in [-0.39, 0.29) is 0 Å². The highest BCUT2D eigenvalue weighted by molar-refractivity contribution is 6.30. The van der Waals surface area contributed by atoms with Gasteiger partial charge >= 0.3 is 0 Å². The zero-order chi connectivity index (χ0) is 22.6. The second-order valence-corrected chi connectivity index (χ2v) is 8.73. The summed E-state index contributed by atoms with van der Waals surface area (Å²) in [7, 11) is 2.18. The number of hydrogen-bond acceptors (Lipinski definition) is 6. The number of nitrogens with one attached hydrogen (secondary N) is 1. The van der Waals surface area contributed by atoms with Crippen LogP contribution in [0.4, 0.5) is 11.6 Å². The molecule has 8 heteroatoms. The first kappa shape index (κ1) is 21.6. The molecule has 33 heavy (non-hydrogen) atoms. The van der Waals surface area contributed by atoms with Gasteiger partial charge in [0.15, 0.2) is 5.82 Å². The molecule has 4 aromatic rings. The Morgan fingerprint density at radius 3 is 2.42 bits per heavy atom. The number of hydrogen-bond donors (Lipinski definition) is 1. The van der Waals surface area contributed by atoms with Crippen LogP contribution in [-0.4, -0.2) is 62.8 Å². The van der Waals surface area contributed by atoms with Gasteiger partial charge in [0.25, 0.3) is 0 Å². The highest BCUT2D eigenvalue weighted by Crippen LogP contribution is 2.21. The van der Waals surface area contributed by atoms with Gasteiger partial charge in [-0.1, -0.05) is 35.9 Å². The van der Waals surface area contributed by atoms with Crippen molar-refractivity contribution in [2.75, 3.05) is 38.5 Å². The molecule has 1 saturated heterocycles. The average molecular weight is 460 g/mol. The lowest BCUT2D eigenvalue weighted by molar-refractivity contribution is 0.148. The van der Waals surface area contributed by atoms with E-state index in [4.69, 9.17) is 11.6 Å². The minimum absolute atomic E-state index is 0.530. The molecule has 168 valence electrons. The molecule has 7 nitrogen and oxygen atoms in total. The molecule has 0 saturated carbocycles. The summed E-state index contributed by atoms with van der Waals surface area (Å²) in [6.45, 7) is 5.47. The predicted molar refractivity (Wildman–Crippen MR) is 132 cm³/mol. The molecule has 2 aromatic carbocycles. The van der Waals surface area contributed by atoms with Crippen LogP contribution in [0.5, 0.6) is 0 Å². The minimum atomic E-state index is 0.530. The maximum absolute atomic E-state index is 5.99. The fourth-order valence-corrected chi connectivity index (χ4v) is 3.98. The van der Waals surface area contributed by atoms with Gasteiger partial charge in [-0.25, -0.2) is 9.67 Å². The Kier molecular flexibility index (Phi) is 6.35. The van der Waals surface area contributed by atoms with Crippen molar-refractivity contribution in [3.63, 3.8) is 0 Å². The lowest BCUT2D eigenvalue weighted by Gasteiger charge is -2.32. The van der Waals surface area contributed by atoms with Gasteiger partial charge in [-0.2, -0.15) is 10.1 Å². The molecule has 0 unspecified atom stereocenters. The van der Waals surface area contributed by atoms with Gasteiger partial charge < -0.3 is 10.2 Å². The van der Waals surface area contributed by atoms with E-state index in [1.54, 1.807) is 10.9 Å². The molecule has 1 aliphatic heterocycles. The van der Waals surface area contributed by atoms with E-state index in [2.05, 4.69) is 61.5 Å². The van der Waals surface area contributed by atoms with Crippen molar-refractivity contribution in [2.24, 2.45) is 0 Å². The second kappa shape index (κ2) is 9.70. The number of likely N-dealkylation sites (N-methyl/N-ethyl adjacent to an activating group) is 1. The first-order valence-corrected chi connectivity index (χ1v) is 11.4. The van der Waals surface area contributed by atoms with Gasteiger partial charge in [-0.3, -0.25) is 4.90 Å². The van der Waals surface area contributed by atoms with E-state index in [9.17, 15) is 0 Å². The van der Waals surface area contributed by atoms with Crippen LogP contribution < -0.4 is 5.32 Å². The first-order valence-electron chi connectivity index (χ1n) is 11.0. The molecular weight excluding hydrogens is 434 g/mol. The highest BCUT2D eigenvalue weighted by atomic mass is 35.5. The summed E-state index contributed by atoms with van der Waals surface area (Å²) in [4.78, 5) is 13.9. The topological polar surface area (TPSA) is 62.1 Å². The minimum Gasteiger partial charge on any atom is -0.324 e. The van der Waals surface area contributed by atoms with E-state index in [0.717, 1.165) is 49.7 Å². The zero-order valence-electron chi connectivity index (χ0n) is 18.5. The van der Waals surface area contributed by atoms with Gasteiger partial charge in [0, 0.05) is 67.5 Å². The number of aromatic nitrogens is 4.